The largest absolute Gasteiger partial charge is 0.459 e. The third-order valence-corrected chi connectivity index (χ3v) is 3.01. The molecule has 1 aliphatic heterocycles. The third-order valence-electron chi connectivity index (χ3n) is 3.01. The second kappa shape index (κ2) is 5.85. The van der Waals surface area contributed by atoms with Crippen LogP contribution in [0.1, 0.15) is 53.9 Å². The lowest BCUT2D eigenvalue weighted by Crippen LogP contribution is -2.46. The van der Waals surface area contributed by atoms with Gasteiger partial charge in [0.25, 0.3) is 0 Å². The van der Waals surface area contributed by atoms with Gasteiger partial charge in [0, 0.05) is 0 Å². The molecule has 1 saturated heterocycles. The molecule has 3 heteroatoms. The Kier molecular flexibility index (Phi) is 4.99. The topological polar surface area (TPSA) is 38.3 Å². The number of piperidine rings is 1. The molecule has 1 rings (SSSR count). The molecule has 1 heterocycles. The summed E-state index contributed by atoms with van der Waals surface area (Å²) in [6, 6.07) is -0.105. The Hall–Kier alpha value is -0.570. The zero-order valence-electron chi connectivity index (χ0n) is 11.9. The van der Waals surface area contributed by atoms with Gasteiger partial charge in [-0.05, 0) is 58.4 Å². The Labute approximate surface area is 105 Å². The molecule has 100 valence electrons. The molecule has 17 heavy (non-hydrogen) atoms. The summed E-state index contributed by atoms with van der Waals surface area (Å²) in [6.07, 6.45) is 3.31. The summed E-state index contributed by atoms with van der Waals surface area (Å²) in [4.78, 5) is 12.0. The van der Waals surface area contributed by atoms with Crippen molar-refractivity contribution in [2.45, 2.75) is 65.5 Å². The molecule has 0 aliphatic carbocycles. The lowest BCUT2D eigenvalue weighted by atomic mass is 9.86. The summed E-state index contributed by atoms with van der Waals surface area (Å²) >= 11 is 0. The van der Waals surface area contributed by atoms with Crippen LogP contribution in [0.3, 0.4) is 0 Å². The number of rotatable bonds is 3. The van der Waals surface area contributed by atoms with Crippen molar-refractivity contribution >= 4 is 5.97 Å². The lowest BCUT2D eigenvalue weighted by Gasteiger charge is -2.32. The second-order valence-electron chi connectivity index (χ2n) is 6.56. The zero-order valence-corrected chi connectivity index (χ0v) is 11.9. The quantitative estimate of drug-likeness (QED) is 0.772. The van der Waals surface area contributed by atoms with E-state index in [0.29, 0.717) is 11.8 Å². The van der Waals surface area contributed by atoms with E-state index in [-0.39, 0.29) is 17.6 Å². The van der Waals surface area contributed by atoms with E-state index in [0.717, 1.165) is 13.0 Å². The van der Waals surface area contributed by atoms with Crippen molar-refractivity contribution in [1.29, 1.82) is 0 Å². The van der Waals surface area contributed by atoms with Crippen LogP contribution in [0.15, 0.2) is 0 Å². The maximum atomic E-state index is 12.0. The predicted molar refractivity (Wildman–Crippen MR) is 69.8 cm³/mol. The molecule has 2 atom stereocenters. The summed E-state index contributed by atoms with van der Waals surface area (Å²) < 4.78 is 5.43. The first-order valence-electron chi connectivity index (χ1n) is 6.74. The lowest BCUT2D eigenvalue weighted by molar-refractivity contribution is -0.158. The highest BCUT2D eigenvalue weighted by molar-refractivity contribution is 5.76. The Morgan fingerprint density at radius 3 is 2.59 bits per heavy atom. The van der Waals surface area contributed by atoms with E-state index in [9.17, 15) is 4.79 Å². The maximum Gasteiger partial charge on any atom is 0.323 e. The normalized spacial score (nSPS) is 26.0. The fourth-order valence-corrected chi connectivity index (χ4v) is 2.43. The van der Waals surface area contributed by atoms with Crippen LogP contribution in [0, 0.1) is 11.8 Å². The molecule has 0 spiro atoms. The smallest absolute Gasteiger partial charge is 0.323 e. The predicted octanol–water partition coefficient (Wildman–Crippen LogP) is 2.74. The standard InChI is InChI=1S/C14H27NO2/c1-10(2)8-11-6-7-15-12(9-11)13(16)17-14(3,4)5/h10-12,15H,6-9H2,1-5H3/t11-,12-/m0/s1. The van der Waals surface area contributed by atoms with Crippen LogP contribution in [-0.4, -0.2) is 24.2 Å². The molecule has 0 aromatic rings. The SMILES string of the molecule is CC(C)C[C@@H]1CCN[C@H](C(=O)OC(C)(C)C)C1. The van der Waals surface area contributed by atoms with Crippen LogP contribution in [0.5, 0.6) is 0 Å². The Balaban J connectivity index is 2.46. The number of carbonyl (C=O) groups is 1. The van der Waals surface area contributed by atoms with Crippen molar-refractivity contribution in [3.8, 4) is 0 Å². The number of hydrogen-bond acceptors (Lipinski definition) is 3. The van der Waals surface area contributed by atoms with Gasteiger partial charge in [0.1, 0.15) is 11.6 Å². The average Bonchev–Trinajstić information content (AvgIpc) is 2.14. The van der Waals surface area contributed by atoms with Crippen LogP contribution in [0.25, 0.3) is 0 Å². The first kappa shape index (κ1) is 14.5. The molecule has 0 aromatic carbocycles. The summed E-state index contributed by atoms with van der Waals surface area (Å²) in [6.45, 7) is 11.2. The van der Waals surface area contributed by atoms with Gasteiger partial charge in [-0.3, -0.25) is 4.79 Å². The van der Waals surface area contributed by atoms with Gasteiger partial charge in [-0.2, -0.15) is 0 Å². The molecule has 0 bridgehead atoms. The number of ether oxygens (including phenoxy) is 1. The second-order valence-corrected chi connectivity index (χ2v) is 6.56. The third kappa shape index (κ3) is 5.53. The Bertz CT molecular complexity index is 255. The minimum absolute atomic E-state index is 0.0917. The summed E-state index contributed by atoms with van der Waals surface area (Å²) in [7, 11) is 0. The molecular weight excluding hydrogens is 214 g/mol. The molecule has 1 N–H and O–H groups in total. The summed E-state index contributed by atoms with van der Waals surface area (Å²) in [5, 5.41) is 3.27. The molecule has 1 fully saturated rings. The van der Waals surface area contributed by atoms with E-state index in [1.165, 1.54) is 12.8 Å². The van der Waals surface area contributed by atoms with Crippen molar-refractivity contribution in [2.24, 2.45) is 11.8 Å². The van der Waals surface area contributed by atoms with Gasteiger partial charge < -0.3 is 10.1 Å². The number of nitrogens with one attached hydrogen (secondary N) is 1. The van der Waals surface area contributed by atoms with Gasteiger partial charge in [0.2, 0.25) is 0 Å². The minimum Gasteiger partial charge on any atom is -0.459 e. The Morgan fingerprint density at radius 1 is 1.41 bits per heavy atom. The van der Waals surface area contributed by atoms with Gasteiger partial charge in [-0.1, -0.05) is 13.8 Å². The minimum atomic E-state index is -0.385. The first-order valence-corrected chi connectivity index (χ1v) is 6.74. The van der Waals surface area contributed by atoms with Crippen LogP contribution in [0.4, 0.5) is 0 Å². The van der Waals surface area contributed by atoms with E-state index in [4.69, 9.17) is 4.74 Å². The highest BCUT2D eigenvalue weighted by Gasteiger charge is 2.30. The van der Waals surface area contributed by atoms with Crippen LogP contribution < -0.4 is 5.32 Å². The summed E-state index contributed by atoms with van der Waals surface area (Å²) in [5.74, 6) is 1.28. The molecule has 0 radical (unpaired) electrons. The van der Waals surface area contributed by atoms with Gasteiger partial charge >= 0.3 is 5.97 Å². The number of carbonyl (C=O) groups excluding carboxylic acids is 1. The van der Waals surface area contributed by atoms with Crippen molar-refractivity contribution in [3.05, 3.63) is 0 Å². The molecule has 0 amide bonds. The van der Waals surface area contributed by atoms with E-state index >= 15 is 0 Å². The first-order chi connectivity index (χ1) is 7.78. The maximum absolute atomic E-state index is 12.0. The van der Waals surface area contributed by atoms with Crippen molar-refractivity contribution in [3.63, 3.8) is 0 Å². The molecule has 0 aromatic heterocycles. The highest BCUT2D eigenvalue weighted by Crippen LogP contribution is 2.24. The molecule has 3 nitrogen and oxygen atoms in total. The highest BCUT2D eigenvalue weighted by atomic mass is 16.6. The molecule has 1 aliphatic rings. The van der Waals surface area contributed by atoms with Gasteiger partial charge in [0.05, 0.1) is 0 Å². The van der Waals surface area contributed by atoms with Crippen LogP contribution in [-0.2, 0) is 9.53 Å². The van der Waals surface area contributed by atoms with Crippen molar-refractivity contribution in [2.75, 3.05) is 6.54 Å². The van der Waals surface area contributed by atoms with E-state index in [1.807, 2.05) is 20.8 Å². The molecule has 0 saturated carbocycles. The van der Waals surface area contributed by atoms with E-state index in [2.05, 4.69) is 19.2 Å². The van der Waals surface area contributed by atoms with Crippen LogP contribution in [0.2, 0.25) is 0 Å². The van der Waals surface area contributed by atoms with Gasteiger partial charge in [0.15, 0.2) is 0 Å². The number of esters is 1. The number of hydrogen-bond donors (Lipinski definition) is 1. The zero-order chi connectivity index (χ0) is 13.1. The monoisotopic (exact) mass is 241 g/mol. The van der Waals surface area contributed by atoms with E-state index < -0.39 is 0 Å². The van der Waals surface area contributed by atoms with Crippen LogP contribution >= 0.6 is 0 Å². The molecular formula is C14H27NO2. The van der Waals surface area contributed by atoms with E-state index in [1.54, 1.807) is 0 Å². The Morgan fingerprint density at radius 2 is 2.06 bits per heavy atom. The summed E-state index contributed by atoms with van der Waals surface area (Å²) in [5.41, 5.74) is -0.385. The van der Waals surface area contributed by atoms with Gasteiger partial charge in [-0.25, -0.2) is 0 Å². The fraction of sp³-hybridized carbons (Fsp3) is 0.929. The fourth-order valence-electron chi connectivity index (χ4n) is 2.43. The average molecular weight is 241 g/mol. The molecule has 0 unspecified atom stereocenters. The van der Waals surface area contributed by atoms with Crippen molar-refractivity contribution in [1.82, 2.24) is 5.32 Å². The van der Waals surface area contributed by atoms with Gasteiger partial charge in [-0.15, -0.1) is 0 Å². The van der Waals surface area contributed by atoms with Crippen molar-refractivity contribution < 1.29 is 9.53 Å².